The van der Waals surface area contributed by atoms with E-state index in [0.717, 1.165) is 11.4 Å². The van der Waals surface area contributed by atoms with Crippen LogP contribution >= 0.6 is 11.3 Å². The van der Waals surface area contributed by atoms with Gasteiger partial charge >= 0.3 is 0 Å². The molecule has 3 aromatic rings. The van der Waals surface area contributed by atoms with Crippen LogP contribution in [0.2, 0.25) is 0 Å². The average molecular weight is 310 g/mol. The summed E-state index contributed by atoms with van der Waals surface area (Å²) >= 11 is 1.44. The standard InChI is InChI=1S/C16H14N4OS/c21-16(14-8-22-10-19-14)20-6-12(11-4-2-1-3-5-11)15-13(7-20)17-9-18-15/h1-5,8-10,12H,6-7H2,(H,17,18). The molecule has 1 aliphatic heterocycles. The van der Waals surface area contributed by atoms with Crippen LogP contribution in [0.3, 0.4) is 0 Å². The second-order valence-corrected chi connectivity index (χ2v) is 6.01. The Hall–Kier alpha value is -2.47. The minimum atomic E-state index is -0.0255. The fraction of sp³-hybridized carbons (Fsp3) is 0.188. The molecule has 0 bridgehead atoms. The van der Waals surface area contributed by atoms with E-state index in [1.54, 1.807) is 17.2 Å². The summed E-state index contributed by atoms with van der Waals surface area (Å²) in [6.45, 7) is 1.17. The van der Waals surface area contributed by atoms with E-state index in [-0.39, 0.29) is 11.8 Å². The van der Waals surface area contributed by atoms with Crippen molar-refractivity contribution in [3.8, 4) is 0 Å². The van der Waals surface area contributed by atoms with Gasteiger partial charge in [0.15, 0.2) is 0 Å². The Morgan fingerprint density at radius 2 is 2.14 bits per heavy atom. The zero-order chi connectivity index (χ0) is 14.9. The molecular formula is C16H14N4OS. The molecule has 0 saturated carbocycles. The fourth-order valence-electron chi connectivity index (χ4n) is 2.90. The summed E-state index contributed by atoms with van der Waals surface area (Å²) in [7, 11) is 0. The minimum absolute atomic E-state index is 0.0255. The second kappa shape index (κ2) is 5.38. The Bertz CT molecular complexity index is 782. The molecule has 1 amide bonds. The monoisotopic (exact) mass is 310 g/mol. The van der Waals surface area contributed by atoms with E-state index < -0.39 is 0 Å². The molecule has 0 radical (unpaired) electrons. The first-order chi connectivity index (χ1) is 10.8. The first-order valence-electron chi connectivity index (χ1n) is 7.07. The van der Waals surface area contributed by atoms with Gasteiger partial charge in [0, 0.05) is 17.8 Å². The molecule has 0 saturated heterocycles. The molecule has 3 heterocycles. The predicted molar refractivity (Wildman–Crippen MR) is 83.7 cm³/mol. The zero-order valence-electron chi connectivity index (χ0n) is 11.8. The van der Waals surface area contributed by atoms with Crippen LogP contribution < -0.4 is 0 Å². The molecule has 110 valence electrons. The van der Waals surface area contributed by atoms with Gasteiger partial charge in [-0.15, -0.1) is 11.3 Å². The Labute approximate surface area is 131 Å². The van der Waals surface area contributed by atoms with Gasteiger partial charge in [-0.1, -0.05) is 30.3 Å². The van der Waals surface area contributed by atoms with Crippen LogP contribution in [0, 0.1) is 0 Å². The van der Waals surface area contributed by atoms with Gasteiger partial charge in [0.2, 0.25) is 0 Å². The second-order valence-electron chi connectivity index (χ2n) is 5.29. The third-order valence-corrected chi connectivity index (χ3v) is 4.56. The van der Waals surface area contributed by atoms with Crippen LogP contribution in [0.4, 0.5) is 0 Å². The summed E-state index contributed by atoms with van der Waals surface area (Å²) < 4.78 is 0. The number of hydrogen-bond donors (Lipinski definition) is 1. The van der Waals surface area contributed by atoms with Crippen molar-refractivity contribution in [1.82, 2.24) is 19.9 Å². The number of carbonyl (C=O) groups is 1. The molecule has 22 heavy (non-hydrogen) atoms. The summed E-state index contributed by atoms with van der Waals surface area (Å²) in [5.74, 6) is 0.0706. The van der Waals surface area contributed by atoms with Crippen LogP contribution in [0.15, 0.2) is 47.5 Å². The molecule has 1 atom stereocenters. The van der Waals surface area contributed by atoms with E-state index >= 15 is 0 Å². The van der Waals surface area contributed by atoms with Gasteiger partial charge in [-0.3, -0.25) is 4.79 Å². The Kier molecular flexibility index (Phi) is 3.23. The SMILES string of the molecule is O=C(c1cscn1)N1Cc2[nH]cnc2C(c2ccccc2)C1. The van der Waals surface area contributed by atoms with Crippen LogP contribution in [0.25, 0.3) is 0 Å². The van der Waals surface area contributed by atoms with Crippen molar-refractivity contribution in [2.24, 2.45) is 0 Å². The summed E-state index contributed by atoms with van der Waals surface area (Å²) in [6.07, 6.45) is 1.71. The normalized spacial score (nSPS) is 17.3. The van der Waals surface area contributed by atoms with Crippen molar-refractivity contribution in [2.45, 2.75) is 12.5 Å². The lowest BCUT2D eigenvalue weighted by atomic mass is 9.91. The number of aromatic amines is 1. The highest BCUT2D eigenvalue weighted by atomic mass is 32.1. The van der Waals surface area contributed by atoms with Gasteiger partial charge in [0.1, 0.15) is 5.69 Å². The maximum Gasteiger partial charge on any atom is 0.273 e. The molecule has 0 spiro atoms. The van der Waals surface area contributed by atoms with Crippen LogP contribution in [-0.4, -0.2) is 32.3 Å². The van der Waals surface area contributed by atoms with E-state index in [0.29, 0.717) is 18.8 Å². The van der Waals surface area contributed by atoms with Gasteiger partial charge in [-0.05, 0) is 5.56 Å². The molecule has 5 nitrogen and oxygen atoms in total. The lowest BCUT2D eigenvalue weighted by molar-refractivity contribution is 0.0716. The summed E-state index contributed by atoms with van der Waals surface area (Å²) in [4.78, 5) is 26.2. The van der Waals surface area contributed by atoms with E-state index in [4.69, 9.17) is 0 Å². The number of nitrogens with zero attached hydrogens (tertiary/aromatic N) is 3. The third kappa shape index (κ3) is 2.21. The molecule has 2 aromatic heterocycles. The lowest BCUT2D eigenvalue weighted by Gasteiger charge is -2.31. The Morgan fingerprint density at radius 1 is 1.27 bits per heavy atom. The Morgan fingerprint density at radius 3 is 2.91 bits per heavy atom. The number of imidazole rings is 1. The van der Waals surface area contributed by atoms with Crippen molar-refractivity contribution in [3.63, 3.8) is 0 Å². The molecular weight excluding hydrogens is 296 g/mol. The maximum absolute atomic E-state index is 12.6. The number of H-pyrrole nitrogens is 1. The van der Waals surface area contributed by atoms with E-state index in [1.807, 2.05) is 23.1 Å². The average Bonchev–Trinajstić information content (AvgIpc) is 3.25. The van der Waals surface area contributed by atoms with Gasteiger partial charge in [0.05, 0.1) is 29.8 Å². The van der Waals surface area contributed by atoms with Gasteiger partial charge in [0.25, 0.3) is 5.91 Å². The van der Waals surface area contributed by atoms with Crippen LogP contribution in [-0.2, 0) is 6.54 Å². The van der Waals surface area contributed by atoms with Gasteiger partial charge in [-0.25, -0.2) is 9.97 Å². The molecule has 1 N–H and O–H groups in total. The number of aromatic nitrogens is 3. The number of nitrogens with one attached hydrogen (secondary N) is 1. The van der Waals surface area contributed by atoms with Gasteiger partial charge < -0.3 is 9.88 Å². The number of carbonyl (C=O) groups excluding carboxylic acids is 1. The van der Waals surface area contributed by atoms with Crippen molar-refractivity contribution < 1.29 is 4.79 Å². The third-order valence-electron chi connectivity index (χ3n) is 3.97. The summed E-state index contributed by atoms with van der Waals surface area (Å²) in [5, 5.41) is 1.79. The zero-order valence-corrected chi connectivity index (χ0v) is 12.6. The van der Waals surface area contributed by atoms with Crippen LogP contribution in [0.5, 0.6) is 0 Å². The van der Waals surface area contributed by atoms with Crippen molar-refractivity contribution in [2.75, 3.05) is 6.54 Å². The van der Waals surface area contributed by atoms with E-state index in [2.05, 4.69) is 27.1 Å². The Balaban J connectivity index is 1.70. The fourth-order valence-corrected chi connectivity index (χ4v) is 3.43. The summed E-state index contributed by atoms with van der Waals surface area (Å²) in [6, 6.07) is 10.2. The highest BCUT2D eigenvalue weighted by Gasteiger charge is 2.32. The number of benzene rings is 1. The number of rotatable bonds is 2. The van der Waals surface area contributed by atoms with E-state index in [9.17, 15) is 4.79 Å². The molecule has 0 fully saturated rings. The number of amides is 1. The highest BCUT2D eigenvalue weighted by molar-refractivity contribution is 7.07. The summed E-state index contributed by atoms with van der Waals surface area (Å²) in [5.41, 5.74) is 5.41. The molecule has 1 unspecified atom stereocenters. The predicted octanol–water partition coefficient (Wildman–Crippen LogP) is 2.65. The molecule has 4 rings (SSSR count). The lowest BCUT2D eigenvalue weighted by Crippen LogP contribution is -2.38. The first kappa shape index (κ1) is 13.2. The quantitative estimate of drug-likeness (QED) is 0.791. The number of hydrogen-bond acceptors (Lipinski definition) is 4. The van der Waals surface area contributed by atoms with E-state index in [1.165, 1.54) is 16.9 Å². The largest absolute Gasteiger partial charge is 0.347 e. The highest BCUT2D eigenvalue weighted by Crippen LogP contribution is 2.31. The van der Waals surface area contributed by atoms with Crippen LogP contribution in [0.1, 0.15) is 33.4 Å². The van der Waals surface area contributed by atoms with Gasteiger partial charge in [-0.2, -0.15) is 0 Å². The first-order valence-corrected chi connectivity index (χ1v) is 8.02. The smallest absolute Gasteiger partial charge is 0.273 e. The molecule has 1 aliphatic rings. The molecule has 0 aliphatic carbocycles. The van der Waals surface area contributed by atoms with Crippen molar-refractivity contribution >= 4 is 17.2 Å². The minimum Gasteiger partial charge on any atom is -0.347 e. The van der Waals surface area contributed by atoms with Crippen molar-refractivity contribution in [1.29, 1.82) is 0 Å². The van der Waals surface area contributed by atoms with Crippen molar-refractivity contribution in [3.05, 3.63) is 70.2 Å². The number of thiazole rings is 1. The maximum atomic E-state index is 12.6. The topological polar surface area (TPSA) is 61.9 Å². The molecule has 1 aromatic carbocycles. The number of fused-ring (bicyclic) bond motifs is 1. The molecule has 6 heteroatoms.